The van der Waals surface area contributed by atoms with Crippen LogP contribution in [0.5, 0.6) is 5.75 Å². The molecule has 2 aromatic carbocycles. The van der Waals surface area contributed by atoms with Gasteiger partial charge in [0.15, 0.2) is 0 Å². The van der Waals surface area contributed by atoms with Crippen molar-refractivity contribution < 1.29 is 14.7 Å². The molecular weight excluding hydrogens is 292 g/mol. The minimum Gasteiger partial charge on any atom is -0.507 e. The Bertz CT molecular complexity index is 716. The van der Waals surface area contributed by atoms with Crippen molar-refractivity contribution in [2.45, 2.75) is 20.8 Å². The summed E-state index contributed by atoms with van der Waals surface area (Å²) in [7, 11) is 0. The molecule has 23 heavy (non-hydrogen) atoms. The lowest BCUT2D eigenvalue weighted by Crippen LogP contribution is -2.27. The average molecular weight is 312 g/mol. The lowest BCUT2D eigenvalue weighted by molar-refractivity contribution is -0.123. The van der Waals surface area contributed by atoms with Crippen molar-refractivity contribution in [1.29, 1.82) is 0 Å². The van der Waals surface area contributed by atoms with Gasteiger partial charge in [0.25, 0.3) is 5.91 Å². The topological polar surface area (TPSA) is 78.4 Å². The Balaban J connectivity index is 2.05. The van der Waals surface area contributed by atoms with E-state index in [1.807, 2.05) is 20.8 Å². The molecule has 0 fully saturated rings. The first kappa shape index (κ1) is 16.5. The third kappa shape index (κ3) is 4.32. The van der Waals surface area contributed by atoms with Crippen molar-refractivity contribution in [3.05, 3.63) is 54.1 Å². The zero-order chi connectivity index (χ0) is 17.0. The fourth-order valence-corrected chi connectivity index (χ4v) is 1.82. The largest absolute Gasteiger partial charge is 0.507 e. The summed E-state index contributed by atoms with van der Waals surface area (Å²) < 4.78 is 0. The van der Waals surface area contributed by atoms with E-state index < -0.39 is 11.3 Å². The molecule has 5 nitrogen and oxygen atoms in total. The molecule has 3 N–H and O–H groups in total. The van der Waals surface area contributed by atoms with E-state index in [1.54, 1.807) is 42.5 Å². The van der Waals surface area contributed by atoms with Crippen molar-refractivity contribution in [2.75, 3.05) is 10.6 Å². The molecule has 120 valence electrons. The molecule has 2 rings (SSSR count). The molecule has 0 heterocycles. The molecule has 0 unspecified atom stereocenters. The molecule has 2 amide bonds. The van der Waals surface area contributed by atoms with Crippen LogP contribution in [-0.2, 0) is 4.79 Å². The number of carbonyl (C=O) groups is 2. The molecule has 0 saturated carbocycles. The van der Waals surface area contributed by atoms with Crippen molar-refractivity contribution >= 4 is 23.2 Å². The Morgan fingerprint density at radius 1 is 0.870 bits per heavy atom. The van der Waals surface area contributed by atoms with Crippen LogP contribution in [0.15, 0.2) is 48.5 Å². The van der Waals surface area contributed by atoms with Crippen LogP contribution in [-0.4, -0.2) is 16.9 Å². The third-order valence-corrected chi connectivity index (χ3v) is 3.23. The van der Waals surface area contributed by atoms with Gasteiger partial charge in [0.05, 0.1) is 5.56 Å². The number of rotatable bonds is 3. The second kappa shape index (κ2) is 6.52. The van der Waals surface area contributed by atoms with E-state index in [-0.39, 0.29) is 17.2 Å². The van der Waals surface area contributed by atoms with Crippen molar-refractivity contribution in [1.82, 2.24) is 0 Å². The van der Waals surface area contributed by atoms with Crippen LogP contribution in [0.1, 0.15) is 31.1 Å². The van der Waals surface area contributed by atoms with E-state index in [4.69, 9.17) is 0 Å². The summed E-state index contributed by atoms with van der Waals surface area (Å²) in [5.74, 6) is -0.544. The fourth-order valence-electron chi connectivity index (χ4n) is 1.82. The second-order valence-corrected chi connectivity index (χ2v) is 6.25. The maximum absolute atomic E-state index is 12.1. The zero-order valence-corrected chi connectivity index (χ0v) is 13.4. The highest BCUT2D eigenvalue weighted by Gasteiger charge is 2.21. The number of anilines is 2. The molecule has 0 aromatic heterocycles. The van der Waals surface area contributed by atoms with Gasteiger partial charge >= 0.3 is 0 Å². The number of aromatic hydroxyl groups is 1. The van der Waals surface area contributed by atoms with Gasteiger partial charge < -0.3 is 15.7 Å². The first-order valence-corrected chi connectivity index (χ1v) is 7.28. The summed E-state index contributed by atoms with van der Waals surface area (Å²) in [6.07, 6.45) is 0. The molecular formula is C18H20N2O3. The molecule has 0 spiro atoms. The number of phenolic OH excluding ortho intramolecular Hbond substituents is 1. The van der Waals surface area contributed by atoms with Gasteiger partial charge in [-0.3, -0.25) is 9.59 Å². The van der Waals surface area contributed by atoms with E-state index in [1.165, 1.54) is 6.07 Å². The molecule has 0 atom stereocenters. The van der Waals surface area contributed by atoms with Gasteiger partial charge in [0.2, 0.25) is 5.91 Å². The molecule has 0 aliphatic carbocycles. The first-order chi connectivity index (χ1) is 10.8. The van der Waals surface area contributed by atoms with Crippen LogP contribution in [0.4, 0.5) is 11.4 Å². The minimum absolute atomic E-state index is 0.0703. The predicted molar refractivity (Wildman–Crippen MR) is 90.6 cm³/mol. The molecule has 2 aromatic rings. The minimum atomic E-state index is -0.474. The summed E-state index contributed by atoms with van der Waals surface area (Å²) in [5.41, 5.74) is 0.965. The van der Waals surface area contributed by atoms with Crippen LogP contribution in [0.2, 0.25) is 0 Å². The van der Waals surface area contributed by atoms with Crippen LogP contribution in [0.25, 0.3) is 0 Å². The number of benzene rings is 2. The van der Waals surface area contributed by atoms with E-state index in [9.17, 15) is 14.7 Å². The summed E-state index contributed by atoms with van der Waals surface area (Å²) in [6.45, 7) is 5.51. The monoisotopic (exact) mass is 312 g/mol. The summed E-state index contributed by atoms with van der Waals surface area (Å²) >= 11 is 0. The Hall–Kier alpha value is -2.82. The smallest absolute Gasteiger partial charge is 0.259 e. The van der Waals surface area contributed by atoms with Gasteiger partial charge in [-0.25, -0.2) is 0 Å². The Morgan fingerprint density at radius 2 is 1.39 bits per heavy atom. The van der Waals surface area contributed by atoms with Crippen LogP contribution in [0.3, 0.4) is 0 Å². The molecule has 0 aliphatic heterocycles. The number of carbonyl (C=O) groups excluding carboxylic acids is 2. The molecule has 0 bridgehead atoms. The highest BCUT2D eigenvalue weighted by molar-refractivity contribution is 6.06. The van der Waals surface area contributed by atoms with Crippen molar-refractivity contribution in [3.63, 3.8) is 0 Å². The van der Waals surface area contributed by atoms with Gasteiger partial charge in [-0.05, 0) is 36.4 Å². The fraction of sp³-hybridized carbons (Fsp3) is 0.222. The van der Waals surface area contributed by atoms with Crippen LogP contribution in [0, 0.1) is 5.41 Å². The van der Waals surface area contributed by atoms with Gasteiger partial charge in [0, 0.05) is 16.8 Å². The standard InChI is InChI=1S/C18H20N2O3/c1-18(2,3)17(23)20-13-10-8-12(9-11-13)19-16(22)14-6-4-5-7-15(14)21/h4-11,21H,1-3H3,(H,19,22)(H,20,23). The van der Waals surface area contributed by atoms with Gasteiger partial charge in [0.1, 0.15) is 5.75 Å². The lowest BCUT2D eigenvalue weighted by Gasteiger charge is -2.17. The molecule has 0 radical (unpaired) electrons. The number of para-hydroxylation sites is 1. The molecule has 5 heteroatoms. The maximum atomic E-state index is 12.1. The van der Waals surface area contributed by atoms with E-state index in [2.05, 4.69) is 10.6 Å². The van der Waals surface area contributed by atoms with Crippen molar-refractivity contribution in [2.24, 2.45) is 5.41 Å². The Morgan fingerprint density at radius 3 is 1.91 bits per heavy atom. The van der Waals surface area contributed by atoms with Gasteiger partial charge in [-0.2, -0.15) is 0 Å². The quantitative estimate of drug-likeness (QED) is 0.810. The first-order valence-electron chi connectivity index (χ1n) is 7.28. The Kier molecular flexibility index (Phi) is 4.69. The third-order valence-electron chi connectivity index (χ3n) is 3.23. The normalized spacial score (nSPS) is 10.9. The maximum Gasteiger partial charge on any atom is 0.259 e. The van der Waals surface area contributed by atoms with Crippen LogP contribution >= 0.6 is 0 Å². The number of hydrogen-bond acceptors (Lipinski definition) is 3. The van der Waals surface area contributed by atoms with Crippen molar-refractivity contribution in [3.8, 4) is 5.75 Å². The number of phenols is 1. The zero-order valence-electron chi connectivity index (χ0n) is 13.4. The second-order valence-electron chi connectivity index (χ2n) is 6.25. The SMILES string of the molecule is CC(C)(C)C(=O)Nc1ccc(NC(=O)c2ccccc2O)cc1. The summed E-state index contributed by atoms with van der Waals surface area (Å²) in [5, 5.41) is 15.2. The van der Waals surface area contributed by atoms with Gasteiger partial charge in [-0.1, -0.05) is 32.9 Å². The lowest BCUT2D eigenvalue weighted by atomic mass is 9.95. The van der Waals surface area contributed by atoms with E-state index >= 15 is 0 Å². The molecule has 0 aliphatic rings. The van der Waals surface area contributed by atoms with Gasteiger partial charge in [-0.15, -0.1) is 0 Å². The Labute approximate surface area is 135 Å². The van der Waals surface area contributed by atoms with Crippen LogP contribution < -0.4 is 10.6 Å². The highest BCUT2D eigenvalue weighted by Crippen LogP contribution is 2.21. The summed E-state index contributed by atoms with van der Waals surface area (Å²) in [4.78, 5) is 24.0. The predicted octanol–water partition coefficient (Wildman–Crippen LogP) is 3.63. The summed E-state index contributed by atoms with van der Waals surface area (Å²) in [6, 6.07) is 13.1. The number of hydrogen-bond donors (Lipinski definition) is 3. The number of nitrogens with one attached hydrogen (secondary N) is 2. The average Bonchev–Trinajstić information content (AvgIpc) is 2.48. The van der Waals surface area contributed by atoms with E-state index in [0.717, 1.165) is 0 Å². The molecule has 0 saturated heterocycles. The van der Waals surface area contributed by atoms with E-state index in [0.29, 0.717) is 11.4 Å². The highest BCUT2D eigenvalue weighted by atomic mass is 16.3. The number of amides is 2.